The minimum absolute atomic E-state index is 0.233. The van der Waals surface area contributed by atoms with Crippen molar-refractivity contribution in [3.8, 4) is 11.5 Å². The number of carboxylic acids is 1. The van der Waals surface area contributed by atoms with Crippen LogP contribution in [0.1, 0.15) is 47.7 Å². The Hall–Kier alpha value is -2.29. The second-order valence-corrected chi connectivity index (χ2v) is 5.23. The Morgan fingerprint density at radius 1 is 1.19 bits per heavy atom. The zero-order chi connectivity index (χ0) is 15.4. The van der Waals surface area contributed by atoms with Crippen LogP contribution in [0.5, 0.6) is 11.5 Å². The summed E-state index contributed by atoms with van der Waals surface area (Å²) in [5.74, 6) is 0.822. The van der Waals surface area contributed by atoms with E-state index in [1.807, 2.05) is 25.1 Å². The van der Waals surface area contributed by atoms with E-state index in [2.05, 4.69) is 19.9 Å². The Balaban J connectivity index is 2.38. The highest BCUT2D eigenvalue weighted by Crippen LogP contribution is 2.33. The smallest absolute Gasteiger partial charge is 0.335 e. The number of aromatic carboxylic acids is 1. The Labute approximate surface area is 125 Å². The van der Waals surface area contributed by atoms with E-state index in [0.29, 0.717) is 11.7 Å². The summed E-state index contributed by atoms with van der Waals surface area (Å²) in [6.45, 7) is 6.20. The van der Waals surface area contributed by atoms with Crippen molar-refractivity contribution in [2.75, 3.05) is 0 Å². The fraction of sp³-hybridized carbons (Fsp3) is 0.278. The second-order valence-electron chi connectivity index (χ2n) is 5.23. The standard InChI is InChI=1S/C18H20O3/c1-4-12(2)15-7-5-6-8-16(15)21-17-11-14(18(19)20)10-9-13(17)3/h5-12H,4H2,1-3H3,(H,19,20). The number of hydrogen-bond acceptors (Lipinski definition) is 2. The van der Waals surface area contributed by atoms with E-state index in [0.717, 1.165) is 23.3 Å². The molecule has 0 fully saturated rings. The highest BCUT2D eigenvalue weighted by molar-refractivity contribution is 5.88. The lowest BCUT2D eigenvalue weighted by Crippen LogP contribution is -2.00. The molecule has 21 heavy (non-hydrogen) atoms. The monoisotopic (exact) mass is 284 g/mol. The van der Waals surface area contributed by atoms with Crippen molar-refractivity contribution < 1.29 is 14.6 Å². The van der Waals surface area contributed by atoms with Crippen molar-refractivity contribution >= 4 is 5.97 Å². The van der Waals surface area contributed by atoms with Crippen molar-refractivity contribution in [1.29, 1.82) is 0 Å². The Morgan fingerprint density at radius 2 is 1.90 bits per heavy atom. The number of benzene rings is 2. The predicted molar refractivity (Wildman–Crippen MR) is 83.4 cm³/mol. The highest BCUT2D eigenvalue weighted by atomic mass is 16.5. The van der Waals surface area contributed by atoms with Gasteiger partial charge in [-0.15, -0.1) is 0 Å². The summed E-state index contributed by atoms with van der Waals surface area (Å²) < 4.78 is 5.99. The minimum Gasteiger partial charge on any atom is -0.478 e. The first-order valence-electron chi connectivity index (χ1n) is 7.13. The average Bonchev–Trinajstić information content (AvgIpc) is 2.49. The minimum atomic E-state index is -0.949. The van der Waals surface area contributed by atoms with Crippen LogP contribution in [0.15, 0.2) is 42.5 Å². The van der Waals surface area contributed by atoms with Gasteiger partial charge in [0.2, 0.25) is 0 Å². The summed E-state index contributed by atoms with van der Waals surface area (Å²) in [5.41, 5.74) is 2.29. The fourth-order valence-corrected chi connectivity index (χ4v) is 2.16. The average molecular weight is 284 g/mol. The fourth-order valence-electron chi connectivity index (χ4n) is 2.16. The maximum atomic E-state index is 11.1. The van der Waals surface area contributed by atoms with Gasteiger partial charge in [0.1, 0.15) is 11.5 Å². The molecule has 0 spiro atoms. The van der Waals surface area contributed by atoms with Gasteiger partial charge in [-0.1, -0.05) is 38.1 Å². The molecule has 0 radical (unpaired) electrons. The van der Waals surface area contributed by atoms with Crippen LogP contribution >= 0.6 is 0 Å². The van der Waals surface area contributed by atoms with Crippen LogP contribution < -0.4 is 4.74 Å². The second kappa shape index (κ2) is 6.44. The molecule has 0 bridgehead atoms. The third-order valence-electron chi connectivity index (χ3n) is 3.72. The summed E-state index contributed by atoms with van der Waals surface area (Å²) in [7, 11) is 0. The van der Waals surface area contributed by atoms with Crippen LogP contribution in [-0.2, 0) is 0 Å². The molecule has 0 aliphatic heterocycles. The molecule has 2 aromatic rings. The summed E-state index contributed by atoms with van der Waals surface area (Å²) in [5, 5.41) is 9.09. The number of rotatable bonds is 5. The Kier molecular flexibility index (Phi) is 4.63. The van der Waals surface area contributed by atoms with Crippen molar-refractivity contribution in [2.45, 2.75) is 33.1 Å². The van der Waals surface area contributed by atoms with E-state index in [9.17, 15) is 4.79 Å². The van der Waals surface area contributed by atoms with E-state index in [1.54, 1.807) is 18.2 Å². The van der Waals surface area contributed by atoms with E-state index >= 15 is 0 Å². The van der Waals surface area contributed by atoms with Crippen molar-refractivity contribution in [2.24, 2.45) is 0 Å². The molecule has 2 rings (SSSR count). The summed E-state index contributed by atoms with van der Waals surface area (Å²) in [4.78, 5) is 11.1. The molecule has 1 N–H and O–H groups in total. The molecule has 0 heterocycles. The Bertz CT molecular complexity index is 647. The molecular weight excluding hydrogens is 264 g/mol. The predicted octanol–water partition coefficient (Wildman–Crippen LogP) is 5.00. The molecule has 0 saturated carbocycles. The maximum absolute atomic E-state index is 11.1. The third kappa shape index (κ3) is 3.43. The molecule has 0 saturated heterocycles. The molecule has 2 aromatic carbocycles. The molecule has 3 heteroatoms. The summed E-state index contributed by atoms with van der Waals surface area (Å²) in [6.07, 6.45) is 1.02. The van der Waals surface area contributed by atoms with Crippen LogP contribution in [0.25, 0.3) is 0 Å². The van der Waals surface area contributed by atoms with E-state index < -0.39 is 5.97 Å². The number of aryl methyl sites for hydroxylation is 1. The summed E-state index contributed by atoms with van der Waals surface area (Å²) in [6, 6.07) is 12.8. The molecule has 0 amide bonds. The van der Waals surface area contributed by atoms with Gasteiger partial charge >= 0.3 is 5.97 Å². The van der Waals surface area contributed by atoms with E-state index in [1.165, 1.54) is 0 Å². The summed E-state index contributed by atoms with van der Waals surface area (Å²) >= 11 is 0. The van der Waals surface area contributed by atoms with Gasteiger partial charge < -0.3 is 9.84 Å². The lowest BCUT2D eigenvalue weighted by molar-refractivity contribution is 0.0696. The van der Waals surface area contributed by atoms with Crippen LogP contribution in [0, 0.1) is 6.92 Å². The van der Waals surface area contributed by atoms with Crippen LogP contribution in [0.4, 0.5) is 0 Å². The van der Waals surface area contributed by atoms with Crippen molar-refractivity contribution in [3.63, 3.8) is 0 Å². The Morgan fingerprint density at radius 3 is 2.57 bits per heavy atom. The van der Waals surface area contributed by atoms with Gasteiger partial charge in [-0.25, -0.2) is 4.79 Å². The van der Waals surface area contributed by atoms with Crippen molar-refractivity contribution in [1.82, 2.24) is 0 Å². The van der Waals surface area contributed by atoms with Gasteiger partial charge in [0.15, 0.2) is 0 Å². The zero-order valence-corrected chi connectivity index (χ0v) is 12.6. The SMILES string of the molecule is CCC(C)c1ccccc1Oc1cc(C(=O)O)ccc1C. The largest absolute Gasteiger partial charge is 0.478 e. The number of ether oxygens (including phenoxy) is 1. The van der Waals surface area contributed by atoms with Gasteiger partial charge in [0.05, 0.1) is 5.56 Å². The zero-order valence-electron chi connectivity index (χ0n) is 12.6. The lowest BCUT2D eigenvalue weighted by atomic mass is 9.98. The molecule has 1 atom stereocenters. The lowest BCUT2D eigenvalue weighted by Gasteiger charge is -2.16. The van der Waals surface area contributed by atoms with Gasteiger partial charge in [0, 0.05) is 0 Å². The van der Waals surface area contributed by atoms with Crippen LogP contribution in [0.3, 0.4) is 0 Å². The van der Waals surface area contributed by atoms with Gasteiger partial charge in [0.25, 0.3) is 0 Å². The molecule has 3 nitrogen and oxygen atoms in total. The van der Waals surface area contributed by atoms with Crippen LogP contribution in [0.2, 0.25) is 0 Å². The van der Waals surface area contributed by atoms with Crippen molar-refractivity contribution in [3.05, 3.63) is 59.2 Å². The molecular formula is C18H20O3. The van der Waals surface area contributed by atoms with Gasteiger partial charge in [-0.2, -0.15) is 0 Å². The normalized spacial score (nSPS) is 12.0. The van der Waals surface area contributed by atoms with Gasteiger partial charge in [-0.05, 0) is 48.6 Å². The quantitative estimate of drug-likeness (QED) is 0.840. The molecule has 0 aromatic heterocycles. The number of para-hydroxylation sites is 1. The van der Waals surface area contributed by atoms with Crippen LogP contribution in [-0.4, -0.2) is 11.1 Å². The maximum Gasteiger partial charge on any atom is 0.335 e. The van der Waals surface area contributed by atoms with E-state index in [4.69, 9.17) is 9.84 Å². The third-order valence-corrected chi connectivity index (χ3v) is 3.72. The molecule has 0 aliphatic rings. The van der Waals surface area contributed by atoms with Gasteiger partial charge in [-0.3, -0.25) is 0 Å². The number of hydrogen-bond donors (Lipinski definition) is 1. The highest BCUT2D eigenvalue weighted by Gasteiger charge is 2.13. The molecule has 1 unspecified atom stereocenters. The first kappa shape index (κ1) is 15.1. The molecule has 110 valence electrons. The first-order valence-corrected chi connectivity index (χ1v) is 7.13. The number of carboxylic acid groups (broad SMARTS) is 1. The number of carbonyl (C=O) groups is 1. The molecule has 0 aliphatic carbocycles. The topological polar surface area (TPSA) is 46.5 Å². The van der Waals surface area contributed by atoms with E-state index in [-0.39, 0.29) is 5.56 Å². The first-order chi connectivity index (χ1) is 10.0.